The summed E-state index contributed by atoms with van der Waals surface area (Å²) in [5.41, 5.74) is 0.266. The molecule has 0 saturated heterocycles. The molecule has 0 bridgehead atoms. The molecule has 100 valence electrons. The van der Waals surface area contributed by atoms with Crippen LogP contribution in [0.1, 0.15) is 19.4 Å². The third-order valence-corrected chi connectivity index (χ3v) is 2.48. The van der Waals surface area contributed by atoms with Gasteiger partial charge in [0.05, 0.1) is 19.3 Å². The van der Waals surface area contributed by atoms with E-state index in [1.807, 2.05) is 24.3 Å². The number of aliphatic hydroxyl groups is 1. The first-order chi connectivity index (χ1) is 8.48. The van der Waals surface area contributed by atoms with Crippen molar-refractivity contribution in [3.05, 3.63) is 29.8 Å². The Hall–Kier alpha value is -1.75. The molecule has 1 aromatic carbocycles. The van der Waals surface area contributed by atoms with Crippen LogP contribution in [0.4, 0.5) is 4.79 Å². The van der Waals surface area contributed by atoms with E-state index < -0.39 is 5.54 Å². The van der Waals surface area contributed by atoms with Crippen LogP contribution < -0.4 is 15.4 Å². The topological polar surface area (TPSA) is 70.6 Å². The number of amides is 2. The van der Waals surface area contributed by atoms with Gasteiger partial charge in [-0.25, -0.2) is 4.79 Å². The normalized spacial score (nSPS) is 10.9. The monoisotopic (exact) mass is 252 g/mol. The Morgan fingerprint density at radius 1 is 1.39 bits per heavy atom. The summed E-state index contributed by atoms with van der Waals surface area (Å²) in [6.45, 7) is 3.75. The minimum Gasteiger partial charge on any atom is -0.496 e. The van der Waals surface area contributed by atoms with Gasteiger partial charge in [-0.05, 0) is 19.9 Å². The Balaban J connectivity index is 2.52. The fourth-order valence-electron chi connectivity index (χ4n) is 1.42. The number of ether oxygens (including phenoxy) is 1. The molecule has 5 heteroatoms. The largest absolute Gasteiger partial charge is 0.496 e. The molecular formula is C13H20N2O3. The summed E-state index contributed by atoms with van der Waals surface area (Å²) in [6, 6.07) is 7.16. The molecule has 0 aliphatic rings. The van der Waals surface area contributed by atoms with Crippen LogP contribution in [0.2, 0.25) is 0 Å². The van der Waals surface area contributed by atoms with Crippen LogP contribution >= 0.6 is 0 Å². The van der Waals surface area contributed by atoms with E-state index in [0.717, 1.165) is 11.3 Å². The molecule has 0 aliphatic heterocycles. The molecule has 0 aromatic heterocycles. The van der Waals surface area contributed by atoms with Crippen molar-refractivity contribution in [2.45, 2.75) is 25.9 Å². The van der Waals surface area contributed by atoms with Gasteiger partial charge in [-0.15, -0.1) is 0 Å². The van der Waals surface area contributed by atoms with Crippen LogP contribution in [-0.2, 0) is 6.54 Å². The Labute approximate surface area is 107 Å². The Morgan fingerprint density at radius 3 is 2.67 bits per heavy atom. The van der Waals surface area contributed by atoms with Crippen LogP contribution in [0.15, 0.2) is 24.3 Å². The lowest BCUT2D eigenvalue weighted by Gasteiger charge is -2.23. The third kappa shape index (κ3) is 4.25. The minimum absolute atomic E-state index is 0.116. The number of urea groups is 1. The predicted molar refractivity (Wildman–Crippen MR) is 69.5 cm³/mol. The van der Waals surface area contributed by atoms with E-state index in [2.05, 4.69) is 10.6 Å². The fourth-order valence-corrected chi connectivity index (χ4v) is 1.42. The highest BCUT2D eigenvalue weighted by Crippen LogP contribution is 2.16. The summed E-state index contributed by atoms with van der Waals surface area (Å²) in [6.07, 6.45) is 0. The zero-order valence-corrected chi connectivity index (χ0v) is 11.0. The van der Waals surface area contributed by atoms with Crippen LogP contribution in [0.3, 0.4) is 0 Å². The molecule has 0 spiro atoms. The molecule has 0 aliphatic carbocycles. The maximum atomic E-state index is 11.6. The first kappa shape index (κ1) is 14.3. The van der Waals surface area contributed by atoms with Crippen molar-refractivity contribution in [3.63, 3.8) is 0 Å². The summed E-state index contributed by atoms with van der Waals surface area (Å²) < 4.78 is 5.19. The fraction of sp³-hybridized carbons (Fsp3) is 0.462. The molecule has 5 nitrogen and oxygen atoms in total. The zero-order valence-electron chi connectivity index (χ0n) is 11.0. The van der Waals surface area contributed by atoms with E-state index in [1.165, 1.54) is 0 Å². The van der Waals surface area contributed by atoms with Gasteiger partial charge in [-0.1, -0.05) is 18.2 Å². The lowest BCUT2D eigenvalue weighted by Crippen LogP contribution is -2.50. The minimum atomic E-state index is -0.634. The second-order valence-corrected chi connectivity index (χ2v) is 4.66. The number of carbonyl (C=O) groups is 1. The highest BCUT2D eigenvalue weighted by atomic mass is 16.5. The van der Waals surface area contributed by atoms with E-state index >= 15 is 0 Å². The quantitative estimate of drug-likeness (QED) is 0.739. The van der Waals surface area contributed by atoms with Crippen molar-refractivity contribution in [2.24, 2.45) is 0 Å². The number of aliphatic hydroxyl groups excluding tert-OH is 1. The molecule has 1 rings (SSSR count). The van der Waals surface area contributed by atoms with Crippen molar-refractivity contribution >= 4 is 6.03 Å². The SMILES string of the molecule is COc1ccccc1CNC(=O)NC(C)(C)CO. The van der Waals surface area contributed by atoms with Gasteiger partial charge in [0, 0.05) is 12.1 Å². The molecule has 0 fully saturated rings. The Bertz CT molecular complexity index is 405. The average molecular weight is 252 g/mol. The molecule has 1 aromatic rings. The van der Waals surface area contributed by atoms with Crippen LogP contribution in [0, 0.1) is 0 Å². The average Bonchev–Trinajstić information content (AvgIpc) is 2.36. The smallest absolute Gasteiger partial charge is 0.315 e. The highest BCUT2D eigenvalue weighted by molar-refractivity contribution is 5.74. The number of para-hydroxylation sites is 1. The van der Waals surface area contributed by atoms with Crippen molar-refractivity contribution < 1.29 is 14.6 Å². The molecule has 2 amide bonds. The van der Waals surface area contributed by atoms with Gasteiger partial charge in [0.2, 0.25) is 0 Å². The van der Waals surface area contributed by atoms with Gasteiger partial charge >= 0.3 is 6.03 Å². The van der Waals surface area contributed by atoms with Crippen molar-refractivity contribution in [2.75, 3.05) is 13.7 Å². The van der Waals surface area contributed by atoms with Gasteiger partial charge < -0.3 is 20.5 Å². The number of carbonyl (C=O) groups excluding carboxylic acids is 1. The second kappa shape index (κ2) is 6.26. The highest BCUT2D eigenvalue weighted by Gasteiger charge is 2.18. The van der Waals surface area contributed by atoms with E-state index in [0.29, 0.717) is 6.54 Å². The molecule has 3 N–H and O–H groups in total. The number of benzene rings is 1. The summed E-state index contributed by atoms with van der Waals surface area (Å²) in [5, 5.41) is 14.4. The molecule has 18 heavy (non-hydrogen) atoms. The predicted octanol–water partition coefficient (Wildman–Crippen LogP) is 1.27. The molecular weight excluding hydrogens is 232 g/mol. The first-order valence-electron chi connectivity index (χ1n) is 5.77. The maximum Gasteiger partial charge on any atom is 0.315 e. The van der Waals surface area contributed by atoms with Gasteiger partial charge in [0.25, 0.3) is 0 Å². The van der Waals surface area contributed by atoms with Crippen molar-refractivity contribution in [3.8, 4) is 5.75 Å². The summed E-state index contributed by atoms with van der Waals surface area (Å²) in [4.78, 5) is 11.6. The summed E-state index contributed by atoms with van der Waals surface area (Å²) in [5.74, 6) is 0.735. The van der Waals surface area contributed by atoms with E-state index in [1.54, 1.807) is 21.0 Å². The number of nitrogens with one attached hydrogen (secondary N) is 2. The van der Waals surface area contributed by atoms with Gasteiger partial charge in [0.15, 0.2) is 0 Å². The van der Waals surface area contributed by atoms with Crippen molar-refractivity contribution in [1.82, 2.24) is 10.6 Å². The molecule has 0 radical (unpaired) electrons. The van der Waals surface area contributed by atoms with E-state index in [-0.39, 0.29) is 12.6 Å². The molecule has 0 atom stereocenters. The number of hydrogen-bond acceptors (Lipinski definition) is 3. The van der Waals surface area contributed by atoms with E-state index in [4.69, 9.17) is 9.84 Å². The van der Waals surface area contributed by atoms with Gasteiger partial charge in [0.1, 0.15) is 5.75 Å². The molecule has 0 saturated carbocycles. The van der Waals surface area contributed by atoms with Crippen LogP contribution in [0.25, 0.3) is 0 Å². The van der Waals surface area contributed by atoms with Gasteiger partial charge in [-0.2, -0.15) is 0 Å². The van der Waals surface area contributed by atoms with Crippen LogP contribution in [0.5, 0.6) is 5.75 Å². The number of rotatable bonds is 5. The maximum absolute atomic E-state index is 11.6. The Morgan fingerprint density at radius 2 is 2.06 bits per heavy atom. The second-order valence-electron chi connectivity index (χ2n) is 4.66. The first-order valence-corrected chi connectivity index (χ1v) is 5.77. The lowest BCUT2D eigenvalue weighted by atomic mass is 10.1. The van der Waals surface area contributed by atoms with Crippen LogP contribution in [-0.4, -0.2) is 30.4 Å². The summed E-state index contributed by atoms with van der Waals surface area (Å²) >= 11 is 0. The lowest BCUT2D eigenvalue weighted by molar-refractivity contribution is 0.182. The van der Waals surface area contributed by atoms with Gasteiger partial charge in [-0.3, -0.25) is 0 Å². The molecule has 0 unspecified atom stereocenters. The summed E-state index contributed by atoms with van der Waals surface area (Å²) in [7, 11) is 1.59. The number of hydrogen-bond donors (Lipinski definition) is 3. The van der Waals surface area contributed by atoms with E-state index in [9.17, 15) is 4.79 Å². The van der Waals surface area contributed by atoms with Crippen molar-refractivity contribution in [1.29, 1.82) is 0 Å². The third-order valence-electron chi connectivity index (χ3n) is 2.48. The standard InChI is InChI=1S/C13H20N2O3/c1-13(2,9-16)15-12(17)14-8-10-6-4-5-7-11(10)18-3/h4-7,16H,8-9H2,1-3H3,(H2,14,15,17). The molecule has 0 heterocycles. The Kier molecular flexibility index (Phi) is 4.97. The number of methoxy groups -OCH3 is 1. The zero-order chi connectivity index (χ0) is 13.6.